The second-order valence-corrected chi connectivity index (χ2v) is 7.49. The van der Waals surface area contributed by atoms with Crippen LogP contribution in [0.1, 0.15) is 60.0 Å². The van der Waals surface area contributed by atoms with E-state index < -0.39 is 11.8 Å². The Hall–Kier alpha value is -3.48. The van der Waals surface area contributed by atoms with Crippen molar-refractivity contribution in [3.05, 3.63) is 65.0 Å². The van der Waals surface area contributed by atoms with Crippen molar-refractivity contribution in [3.8, 4) is 0 Å². The number of rotatable bonds is 10. The third-order valence-electron chi connectivity index (χ3n) is 5.08. The molecule has 0 atom stereocenters. The molecule has 6 nitrogen and oxygen atoms in total. The Morgan fingerprint density at radius 1 is 1.03 bits per heavy atom. The quantitative estimate of drug-likeness (QED) is 0.387. The molecule has 1 heterocycles. The molecular weight excluding hydrogens is 399 g/mol. The molecule has 0 fully saturated rings. The molecule has 1 aliphatic heterocycles. The van der Waals surface area contributed by atoms with Crippen LogP contribution in [0.2, 0.25) is 0 Å². The minimum Gasteiger partial charge on any atom is -0.481 e. The van der Waals surface area contributed by atoms with Gasteiger partial charge in [-0.25, -0.2) is 4.39 Å². The van der Waals surface area contributed by atoms with Gasteiger partial charge < -0.3 is 15.7 Å². The van der Waals surface area contributed by atoms with Crippen LogP contribution in [-0.4, -0.2) is 29.4 Å². The van der Waals surface area contributed by atoms with E-state index in [9.17, 15) is 18.8 Å². The minimum absolute atomic E-state index is 0.200. The molecule has 0 saturated carbocycles. The number of unbranched alkanes of at least 4 members (excludes halogenated alkanes) is 4. The molecule has 162 valence electrons. The van der Waals surface area contributed by atoms with Crippen molar-refractivity contribution in [2.24, 2.45) is 0 Å². The summed E-state index contributed by atoms with van der Waals surface area (Å²) in [5.74, 6) is -1.70. The Bertz CT molecular complexity index is 1020. The topological polar surface area (TPSA) is 95.5 Å². The average molecular weight is 424 g/mol. The van der Waals surface area contributed by atoms with E-state index in [0.717, 1.165) is 25.7 Å². The molecule has 0 aromatic heterocycles. The van der Waals surface area contributed by atoms with E-state index in [4.69, 9.17) is 5.11 Å². The number of aliphatic carboxylic acids is 1. The van der Waals surface area contributed by atoms with Gasteiger partial charge in [0.05, 0.1) is 0 Å². The Morgan fingerprint density at radius 2 is 1.81 bits per heavy atom. The minimum atomic E-state index is -0.768. The number of anilines is 1. The predicted molar refractivity (Wildman–Crippen MR) is 117 cm³/mol. The van der Waals surface area contributed by atoms with E-state index in [0.29, 0.717) is 40.9 Å². The summed E-state index contributed by atoms with van der Waals surface area (Å²) in [5.41, 5.74) is 2.58. The van der Waals surface area contributed by atoms with Gasteiger partial charge in [-0.1, -0.05) is 31.4 Å². The van der Waals surface area contributed by atoms with Gasteiger partial charge in [0.15, 0.2) is 0 Å². The number of amides is 2. The van der Waals surface area contributed by atoms with Gasteiger partial charge >= 0.3 is 5.97 Å². The van der Waals surface area contributed by atoms with Crippen LogP contribution in [0.3, 0.4) is 0 Å². The fraction of sp³-hybridized carbons (Fsp3) is 0.292. The lowest BCUT2D eigenvalue weighted by molar-refractivity contribution is -0.137. The lowest BCUT2D eigenvalue weighted by Crippen LogP contribution is -2.24. The summed E-state index contributed by atoms with van der Waals surface area (Å²) in [7, 11) is 0. The molecule has 0 aliphatic carbocycles. The lowest BCUT2D eigenvalue weighted by atomic mass is 10.0. The first-order chi connectivity index (χ1) is 14.9. The molecule has 31 heavy (non-hydrogen) atoms. The fourth-order valence-electron chi connectivity index (χ4n) is 3.48. The molecule has 2 amide bonds. The van der Waals surface area contributed by atoms with Crippen LogP contribution >= 0.6 is 0 Å². The molecular formula is C24H25FN2O4. The highest BCUT2D eigenvalue weighted by Crippen LogP contribution is 2.33. The highest BCUT2D eigenvalue weighted by molar-refractivity contribution is 6.34. The third kappa shape index (κ3) is 6.25. The SMILES string of the molecule is O=C(O)CCCCCCCNC(=O)c1cccc(/C=C2\C(=O)Nc3ccc(F)cc32)c1. The number of hydrogen-bond donors (Lipinski definition) is 3. The van der Waals surface area contributed by atoms with E-state index in [2.05, 4.69) is 10.6 Å². The second kappa shape index (κ2) is 10.5. The smallest absolute Gasteiger partial charge is 0.303 e. The zero-order chi connectivity index (χ0) is 22.2. The van der Waals surface area contributed by atoms with Crippen molar-refractivity contribution in [2.75, 3.05) is 11.9 Å². The molecule has 2 aromatic rings. The predicted octanol–water partition coefficient (Wildman–Crippen LogP) is 4.47. The Balaban J connectivity index is 1.54. The van der Waals surface area contributed by atoms with E-state index >= 15 is 0 Å². The van der Waals surface area contributed by atoms with Crippen LogP contribution in [0.5, 0.6) is 0 Å². The Kier molecular flexibility index (Phi) is 7.54. The fourth-order valence-corrected chi connectivity index (χ4v) is 3.48. The summed E-state index contributed by atoms with van der Waals surface area (Å²) >= 11 is 0. The Labute approximate surface area is 180 Å². The van der Waals surface area contributed by atoms with Crippen LogP contribution in [0.25, 0.3) is 11.6 Å². The summed E-state index contributed by atoms with van der Waals surface area (Å²) in [6.45, 7) is 0.540. The van der Waals surface area contributed by atoms with Crippen LogP contribution < -0.4 is 10.6 Å². The van der Waals surface area contributed by atoms with Gasteiger partial charge in [0.1, 0.15) is 5.82 Å². The first-order valence-electron chi connectivity index (χ1n) is 10.4. The highest BCUT2D eigenvalue weighted by atomic mass is 19.1. The van der Waals surface area contributed by atoms with Gasteiger partial charge in [0.2, 0.25) is 0 Å². The van der Waals surface area contributed by atoms with Crippen LogP contribution in [0.4, 0.5) is 10.1 Å². The van der Waals surface area contributed by atoms with E-state index in [1.807, 2.05) is 0 Å². The largest absolute Gasteiger partial charge is 0.481 e. The lowest BCUT2D eigenvalue weighted by Gasteiger charge is -2.06. The van der Waals surface area contributed by atoms with Crippen molar-refractivity contribution in [3.63, 3.8) is 0 Å². The molecule has 0 unspecified atom stereocenters. The maximum atomic E-state index is 13.6. The number of halogens is 1. The van der Waals surface area contributed by atoms with Gasteiger partial charge in [-0.05, 0) is 54.8 Å². The Morgan fingerprint density at radius 3 is 2.61 bits per heavy atom. The molecule has 1 aliphatic rings. The molecule has 3 N–H and O–H groups in total. The molecule has 2 aromatic carbocycles. The third-order valence-corrected chi connectivity index (χ3v) is 5.08. The molecule has 0 bridgehead atoms. The molecule has 0 saturated heterocycles. The maximum absolute atomic E-state index is 13.6. The molecule has 3 rings (SSSR count). The van der Waals surface area contributed by atoms with Crippen LogP contribution in [0.15, 0.2) is 42.5 Å². The van der Waals surface area contributed by atoms with E-state index in [1.54, 1.807) is 30.3 Å². The zero-order valence-electron chi connectivity index (χ0n) is 17.1. The van der Waals surface area contributed by atoms with Gasteiger partial charge in [-0.15, -0.1) is 0 Å². The summed E-state index contributed by atoms with van der Waals surface area (Å²) in [5, 5.41) is 14.2. The summed E-state index contributed by atoms with van der Waals surface area (Å²) < 4.78 is 13.6. The normalized spacial score (nSPS) is 13.7. The first-order valence-corrected chi connectivity index (χ1v) is 10.4. The van der Waals surface area contributed by atoms with Crippen molar-refractivity contribution >= 4 is 35.1 Å². The summed E-state index contributed by atoms with van der Waals surface area (Å²) in [6, 6.07) is 11.1. The van der Waals surface area contributed by atoms with Crippen LogP contribution in [0, 0.1) is 5.82 Å². The zero-order valence-corrected chi connectivity index (χ0v) is 17.1. The molecule has 0 spiro atoms. The molecule has 7 heteroatoms. The van der Waals surface area contributed by atoms with E-state index in [-0.39, 0.29) is 18.2 Å². The number of fused-ring (bicyclic) bond motifs is 1. The molecule has 0 radical (unpaired) electrons. The van der Waals surface area contributed by atoms with Crippen molar-refractivity contribution in [1.29, 1.82) is 0 Å². The maximum Gasteiger partial charge on any atom is 0.303 e. The van der Waals surface area contributed by atoms with Crippen molar-refractivity contribution in [2.45, 2.75) is 38.5 Å². The van der Waals surface area contributed by atoms with Gasteiger partial charge in [0.25, 0.3) is 11.8 Å². The monoisotopic (exact) mass is 424 g/mol. The number of carboxylic acid groups (broad SMARTS) is 1. The summed E-state index contributed by atoms with van der Waals surface area (Å²) in [4.78, 5) is 35.1. The van der Waals surface area contributed by atoms with Gasteiger partial charge in [-0.3, -0.25) is 14.4 Å². The van der Waals surface area contributed by atoms with E-state index in [1.165, 1.54) is 18.2 Å². The highest BCUT2D eigenvalue weighted by Gasteiger charge is 2.24. The van der Waals surface area contributed by atoms with Gasteiger partial charge in [0, 0.05) is 35.4 Å². The number of carboxylic acids is 1. The van der Waals surface area contributed by atoms with Crippen molar-refractivity contribution < 1.29 is 23.9 Å². The first kappa shape index (κ1) is 22.2. The van der Waals surface area contributed by atoms with Crippen LogP contribution in [-0.2, 0) is 9.59 Å². The number of hydrogen-bond acceptors (Lipinski definition) is 3. The standard InChI is InChI=1S/C24H25FN2O4/c25-18-10-11-21-19(15-18)20(24(31)27-21)14-16-7-6-8-17(13-16)23(30)26-12-5-3-1-2-4-9-22(28)29/h6-8,10-11,13-15H,1-5,9,12H2,(H,26,30)(H,27,31)(H,28,29)/b20-14-. The van der Waals surface area contributed by atoms with Gasteiger partial charge in [-0.2, -0.15) is 0 Å². The second-order valence-electron chi connectivity index (χ2n) is 7.49. The number of carbonyl (C=O) groups excluding carboxylic acids is 2. The average Bonchev–Trinajstić information content (AvgIpc) is 3.04. The van der Waals surface area contributed by atoms with Crippen molar-refractivity contribution in [1.82, 2.24) is 5.32 Å². The number of carbonyl (C=O) groups is 3. The number of benzene rings is 2. The summed E-state index contributed by atoms with van der Waals surface area (Å²) in [6.07, 6.45) is 6.09. The number of nitrogens with one attached hydrogen (secondary N) is 2.